The van der Waals surface area contributed by atoms with Crippen molar-refractivity contribution in [2.45, 2.75) is 12.5 Å². The van der Waals surface area contributed by atoms with E-state index >= 15 is 0 Å². The summed E-state index contributed by atoms with van der Waals surface area (Å²) in [5.41, 5.74) is 1.22. The molecular weight excluding hydrogens is 200 g/mol. The highest BCUT2D eigenvalue weighted by atomic mass is 16.5. The van der Waals surface area contributed by atoms with E-state index in [0.717, 1.165) is 32.7 Å². The first-order valence-corrected chi connectivity index (χ1v) is 5.65. The van der Waals surface area contributed by atoms with E-state index in [4.69, 9.17) is 4.74 Å². The molecule has 0 aromatic heterocycles. The number of hydrogen-bond acceptors (Lipinski definition) is 3. The van der Waals surface area contributed by atoms with Gasteiger partial charge in [0.2, 0.25) is 0 Å². The minimum atomic E-state index is -0.0219. The second-order valence-corrected chi connectivity index (χ2v) is 3.98. The molecule has 16 heavy (non-hydrogen) atoms. The maximum Gasteiger partial charge on any atom is 0.102 e. The van der Waals surface area contributed by atoms with E-state index in [1.165, 1.54) is 5.56 Å². The van der Waals surface area contributed by atoms with Crippen LogP contribution in [0, 0.1) is 11.3 Å². The van der Waals surface area contributed by atoms with Crippen LogP contribution in [0.1, 0.15) is 5.56 Å². The number of ether oxygens (including phenoxy) is 1. The predicted octanol–water partition coefficient (Wildman–Crippen LogP) is 1.45. The van der Waals surface area contributed by atoms with E-state index in [9.17, 15) is 5.26 Å². The normalized spacial score (nSPS) is 18.9. The predicted molar refractivity (Wildman–Crippen MR) is 61.9 cm³/mol. The highest BCUT2D eigenvalue weighted by Gasteiger charge is 2.20. The zero-order chi connectivity index (χ0) is 11.2. The number of benzene rings is 1. The van der Waals surface area contributed by atoms with Crippen LogP contribution in [-0.4, -0.2) is 37.2 Å². The zero-order valence-corrected chi connectivity index (χ0v) is 9.30. The highest BCUT2D eigenvalue weighted by molar-refractivity contribution is 5.18. The molecule has 0 spiro atoms. The van der Waals surface area contributed by atoms with Gasteiger partial charge in [0.15, 0.2) is 0 Å². The van der Waals surface area contributed by atoms with Crippen LogP contribution >= 0.6 is 0 Å². The lowest BCUT2D eigenvalue weighted by atomic mass is 10.1. The SMILES string of the molecule is N#CC(Cc1ccccc1)N1CCOCC1. The Hall–Kier alpha value is -1.37. The molecule has 1 aromatic carbocycles. The number of nitriles is 1. The van der Waals surface area contributed by atoms with Crippen molar-refractivity contribution in [3.63, 3.8) is 0 Å². The fourth-order valence-electron chi connectivity index (χ4n) is 1.98. The van der Waals surface area contributed by atoms with Crippen LogP contribution in [-0.2, 0) is 11.2 Å². The lowest BCUT2D eigenvalue weighted by Crippen LogP contribution is -2.43. The molecule has 3 heteroatoms. The maximum absolute atomic E-state index is 9.21. The zero-order valence-electron chi connectivity index (χ0n) is 9.30. The fraction of sp³-hybridized carbons (Fsp3) is 0.462. The average molecular weight is 216 g/mol. The largest absolute Gasteiger partial charge is 0.379 e. The van der Waals surface area contributed by atoms with Crippen LogP contribution in [0.3, 0.4) is 0 Å². The van der Waals surface area contributed by atoms with Gasteiger partial charge in [-0.05, 0) is 5.56 Å². The van der Waals surface area contributed by atoms with Gasteiger partial charge in [0.25, 0.3) is 0 Å². The molecule has 0 saturated carbocycles. The Kier molecular flexibility index (Phi) is 3.92. The highest BCUT2D eigenvalue weighted by Crippen LogP contribution is 2.10. The number of rotatable bonds is 3. The molecule has 0 radical (unpaired) electrons. The van der Waals surface area contributed by atoms with Crippen molar-refractivity contribution < 1.29 is 4.74 Å². The van der Waals surface area contributed by atoms with Crippen molar-refractivity contribution in [2.24, 2.45) is 0 Å². The molecule has 1 saturated heterocycles. The van der Waals surface area contributed by atoms with E-state index in [1.807, 2.05) is 18.2 Å². The smallest absolute Gasteiger partial charge is 0.102 e. The van der Waals surface area contributed by atoms with Gasteiger partial charge in [-0.3, -0.25) is 4.90 Å². The van der Waals surface area contributed by atoms with Crippen molar-refractivity contribution in [3.05, 3.63) is 35.9 Å². The van der Waals surface area contributed by atoms with Gasteiger partial charge in [0.05, 0.1) is 19.3 Å². The van der Waals surface area contributed by atoms with E-state index in [-0.39, 0.29) is 6.04 Å². The summed E-state index contributed by atoms with van der Waals surface area (Å²) in [6.45, 7) is 3.22. The van der Waals surface area contributed by atoms with Gasteiger partial charge in [0, 0.05) is 19.5 Å². The molecule has 84 valence electrons. The molecule has 0 N–H and O–H groups in total. The lowest BCUT2D eigenvalue weighted by molar-refractivity contribution is 0.0270. The maximum atomic E-state index is 9.21. The Morgan fingerprint density at radius 2 is 1.94 bits per heavy atom. The van der Waals surface area contributed by atoms with Crippen molar-refractivity contribution >= 4 is 0 Å². The summed E-state index contributed by atoms with van der Waals surface area (Å²) in [6, 6.07) is 12.6. The van der Waals surface area contributed by atoms with E-state index < -0.39 is 0 Å². The van der Waals surface area contributed by atoms with E-state index in [2.05, 4.69) is 23.1 Å². The quantitative estimate of drug-likeness (QED) is 0.767. The Morgan fingerprint density at radius 1 is 1.25 bits per heavy atom. The van der Waals surface area contributed by atoms with Crippen LogP contribution in [0.2, 0.25) is 0 Å². The van der Waals surface area contributed by atoms with Crippen LogP contribution < -0.4 is 0 Å². The van der Waals surface area contributed by atoms with Crippen molar-refractivity contribution in [1.29, 1.82) is 5.26 Å². The van der Waals surface area contributed by atoms with Gasteiger partial charge in [-0.2, -0.15) is 5.26 Å². The summed E-state index contributed by atoms with van der Waals surface area (Å²) < 4.78 is 5.29. The molecule has 1 atom stereocenters. The van der Waals surface area contributed by atoms with Gasteiger partial charge >= 0.3 is 0 Å². The third-order valence-corrected chi connectivity index (χ3v) is 2.91. The van der Waals surface area contributed by atoms with Crippen molar-refractivity contribution in [1.82, 2.24) is 4.90 Å². The topological polar surface area (TPSA) is 36.3 Å². The molecule has 1 unspecified atom stereocenters. The average Bonchev–Trinajstić information content (AvgIpc) is 2.38. The fourth-order valence-corrected chi connectivity index (χ4v) is 1.98. The lowest BCUT2D eigenvalue weighted by Gasteiger charge is -2.30. The molecule has 2 rings (SSSR count). The number of hydrogen-bond donors (Lipinski definition) is 0. The van der Waals surface area contributed by atoms with Gasteiger partial charge in [-0.1, -0.05) is 30.3 Å². The molecule has 0 aliphatic carbocycles. The molecule has 0 amide bonds. The first kappa shape index (κ1) is 11.1. The molecule has 3 nitrogen and oxygen atoms in total. The van der Waals surface area contributed by atoms with Crippen LogP contribution in [0.15, 0.2) is 30.3 Å². The van der Waals surface area contributed by atoms with Gasteiger partial charge in [-0.25, -0.2) is 0 Å². The Bertz CT molecular complexity index is 352. The third-order valence-electron chi connectivity index (χ3n) is 2.91. The minimum absolute atomic E-state index is 0.0219. The summed E-state index contributed by atoms with van der Waals surface area (Å²) in [6.07, 6.45) is 0.803. The third kappa shape index (κ3) is 2.82. The minimum Gasteiger partial charge on any atom is -0.379 e. The molecule has 1 aliphatic heterocycles. The van der Waals surface area contributed by atoms with E-state index in [0.29, 0.717) is 0 Å². The van der Waals surface area contributed by atoms with Gasteiger partial charge in [0.1, 0.15) is 6.04 Å². The summed E-state index contributed by atoms with van der Waals surface area (Å²) in [5.74, 6) is 0. The molecule has 1 heterocycles. The Balaban J connectivity index is 1.98. The van der Waals surface area contributed by atoms with Crippen LogP contribution in [0.5, 0.6) is 0 Å². The first-order chi connectivity index (χ1) is 7.90. The molecule has 1 aromatic rings. The Morgan fingerprint density at radius 3 is 2.56 bits per heavy atom. The number of nitrogens with zero attached hydrogens (tertiary/aromatic N) is 2. The molecular formula is C13H16N2O. The van der Waals surface area contributed by atoms with Gasteiger partial charge in [-0.15, -0.1) is 0 Å². The van der Waals surface area contributed by atoms with Crippen molar-refractivity contribution in [3.8, 4) is 6.07 Å². The summed E-state index contributed by atoms with van der Waals surface area (Å²) in [5, 5.41) is 9.21. The summed E-state index contributed by atoms with van der Waals surface area (Å²) in [7, 11) is 0. The second-order valence-electron chi connectivity index (χ2n) is 3.98. The molecule has 1 fully saturated rings. The summed E-state index contributed by atoms with van der Waals surface area (Å²) >= 11 is 0. The van der Waals surface area contributed by atoms with Crippen molar-refractivity contribution in [2.75, 3.05) is 26.3 Å². The Labute approximate surface area is 96.2 Å². The van der Waals surface area contributed by atoms with Crippen LogP contribution in [0.25, 0.3) is 0 Å². The van der Waals surface area contributed by atoms with Gasteiger partial charge < -0.3 is 4.74 Å². The standard InChI is InChI=1S/C13H16N2O/c14-11-13(15-6-8-16-9-7-15)10-12-4-2-1-3-5-12/h1-5,13H,6-10H2. The van der Waals surface area contributed by atoms with Crippen LogP contribution in [0.4, 0.5) is 0 Å². The molecule has 1 aliphatic rings. The first-order valence-electron chi connectivity index (χ1n) is 5.65. The summed E-state index contributed by atoms with van der Waals surface area (Å²) in [4.78, 5) is 2.20. The molecule has 0 bridgehead atoms. The second kappa shape index (κ2) is 5.64. The van der Waals surface area contributed by atoms with E-state index in [1.54, 1.807) is 0 Å². The monoisotopic (exact) mass is 216 g/mol. The number of morpholine rings is 1.